The van der Waals surface area contributed by atoms with Gasteiger partial charge in [-0.15, -0.1) is 0 Å². The second-order valence-corrected chi connectivity index (χ2v) is 4.43. The lowest BCUT2D eigenvalue weighted by Crippen LogP contribution is -2.10. The molecule has 0 bridgehead atoms. The van der Waals surface area contributed by atoms with Crippen LogP contribution < -0.4 is 0 Å². The lowest BCUT2D eigenvalue weighted by Gasteiger charge is -2.08. The summed E-state index contributed by atoms with van der Waals surface area (Å²) in [6.07, 6.45) is 3.00. The molecule has 3 heteroatoms. The second kappa shape index (κ2) is 4.31. The van der Waals surface area contributed by atoms with E-state index in [1.54, 1.807) is 12.1 Å². The van der Waals surface area contributed by atoms with Gasteiger partial charge in [0.2, 0.25) is 0 Å². The van der Waals surface area contributed by atoms with Gasteiger partial charge in [0.15, 0.2) is 0 Å². The first-order chi connectivity index (χ1) is 7.16. The van der Waals surface area contributed by atoms with Gasteiger partial charge in [-0.3, -0.25) is 4.79 Å². The van der Waals surface area contributed by atoms with Crippen LogP contribution in [-0.2, 0) is 11.2 Å². The van der Waals surface area contributed by atoms with Crippen LogP contribution in [0.2, 0.25) is 5.02 Å². The third-order valence-corrected chi connectivity index (χ3v) is 3.15. The van der Waals surface area contributed by atoms with Crippen LogP contribution in [0.25, 0.3) is 0 Å². The molecule has 1 unspecified atom stereocenters. The van der Waals surface area contributed by atoms with Crippen molar-refractivity contribution in [3.8, 4) is 0 Å². The van der Waals surface area contributed by atoms with Gasteiger partial charge in [-0.2, -0.15) is 0 Å². The van der Waals surface area contributed by atoms with Crippen molar-refractivity contribution in [3.05, 3.63) is 34.6 Å². The van der Waals surface area contributed by atoms with Gasteiger partial charge < -0.3 is 0 Å². The zero-order valence-corrected chi connectivity index (χ0v) is 9.06. The molecule has 80 valence electrons. The summed E-state index contributed by atoms with van der Waals surface area (Å²) in [6, 6.07) is 4.64. The van der Waals surface area contributed by atoms with Crippen molar-refractivity contribution in [2.75, 3.05) is 0 Å². The Balaban J connectivity index is 2.13. The van der Waals surface area contributed by atoms with Crippen molar-refractivity contribution in [1.82, 2.24) is 0 Å². The number of carbonyl (C=O) groups excluding carboxylic acids is 1. The van der Waals surface area contributed by atoms with Crippen LogP contribution in [0.3, 0.4) is 0 Å². The minimum Gasteiger partial charge on any atom is -0.299 e. The molecule has 1 nitrogen and oxygen atoms in total. The summed E-state index contributed by atoms with van der Waals surface area (Å²) < 4.78 is 13.4. The molecule has 0 N–H and O–H groups in total. The van der Waals surface area contributed by atoms with E-state index in [-0.39, 0.29) is 17.5 Å². The molecule has 2 rings (SSSR count). The van der Waals surface area contributed by atoms with E-state index in [4.69, 9.17) is 11.6 Å². The van der Waals surface area contributed by atoms with E-state index >= 15 is 0 Å². The Labute approximate surface area is 93.2 Å². The van der Waals surface area contributed by atoms with E-state index in [0.717, 1.165) is 12.8 Å². The zero-order valence-electron chi connectivity index (χ0n) is 8.30. The first-order valence-electron chi connectivity index (χ1n) is 5.13. The molecule has 0 saturated heterocycles. The molecule has 1 atom stereocenters. The molecule has 0 aliphatic heterocycles. The number of hydrogen-bond donors (Lipinski definition) is 0. The Bertz CT molecular complexity index is 389. The number of benzene rings is 1. The van der Waals surface area contributed by atoms with Gasteiger partial charge in [-0.25, -0.2) is 4.39 Å². The van der Waals surface area contributed by atoms with Crippen molar-refractivity contribution in [3.63, 3.8) is 0 Å². The SMILES string of the molecule is O=C1CCCC1Cc1ccc(Cl)cc1F. The number of Topliss-reactive ketones (excluding diaryl/α,β-unsaturated/α-hetero) is 1. The summed E-state index contributed by atoms with van der Waals surface area (Å²) >= 11 is 5.66. The highest BCUT2D eigenvalue weighted by Crippen LogP contribution is 2.26. The molecular weight excluding hydrogens is 215 g/mol. The number of ketones is 1. The summed E-state index contributed by atoms with van der Waals surface area (Å²) in [5.74, 6) is -0.0211. The predicted molar refractivity (Wildman–Crippen MR) is 57.5 cm³/mol. The van der Waals surface area contributed by atoms with Crippen molar-refractivity contribution in [1.29, 1.82) is 0 Å². The molecular formula is C12H12ClFO. The van der Waals surface area contributed by atoms with Crippen LogP contribution in [0, 0.1) is 11.7 Å². The molecule has 15 heavy (non-hydrogen) atoms. The third-order valence-electron chi connectivity index (χ3n) is 2.91. The van der Waals surface area contributed by atoms with E-state index in [0.29, 0.717) is 23.4 Å². The second-order valence-electron chi connectivity index (χ2n) is 4.00. The highest BCUT2D eigenvalue weighted by Gasteiger charge is 2.25. The van der Waals surface area contributed by atoms with Crippen molar-refractivity contribution >= 4 is 17.4 Å². The zero-order chi connectivity index (χ0) is 10.8. The highest BCUT2D eigenvalue weighted by atomic mass is 35.5. The van der Waals surface area contributed by atoms with E-state index in [1.807, 2.05) is 0 Å². The molecule has 1 aliphatic rings. The van der Waals surface area contributed by atoms with Gasteiger partial charge in [0, 0.05) is 17.4 Å². The molecule has 1 aromatic rings. The molecule has 0 heterocycles. The molecule has 0 spiro atoms. The van der Waals surface area contributed by atoms with Crippen molar-refractivity contribution in [2.24, 2.45) is 5.92 Å². The van der Waals surface area contributed by atoms with E-state index < -0.39 is 0 Å². The van der Waals surface area contributed by atoms with Crippen molar-refractivity contribution < 1.29 is 9.18 Å². The normalized spacial score (nSPS) is 20.9. The van der Waals surface area contributed by atoms with Crippen LogP contribution in [0.4, 0.5) is 4.39 Å². The number of hydrogen-bond acceptors (Lipinski definition) is 1. The fourth-order valence-corrected chi connectivity index (χ4v) is 2.22. The van der Waals surface area contributed by atoms with E-state index in [1.165, 1.54) is 6.07 Å². The summed E-state index contributed by atoms with van der Waals surface area (Å²) in [6.45, 7) is 0. The Morgan fingerprint density at radius 2 is 2.27 bits per heavy atom. The quantitative estimate of drug-likeness (QED) is 0.756. The Kier molecular flexibility index (Phi) is 3.06. The van der Waals surface area contributed by atoms with Gasteiger partial charge in [-0.05, 0) is 37.0 Å². The van der Waals surface area contributed by atoms with E-state index in [9.17, 15) is 9.18 Å². The van der Waals surface area contributed by atoms with Gasteiger partial charge in [0.05, 0.1) is 0 Å². The summed E-state index contributed by atoms with van der Waals surface area (Å²) in [5.41, 5.74) is 0.597. The monoisotopic (exact) mass is 226 g/mol. The topological polar surface area (TPSA) is 17.1 Å². The van der Waals surface area contributed by atoms with Gasteiger partial charge in [-0.1, -0.05) is 17.7 Å². The summed E-state index contributed by atoms with van der Waals surface area (Å²) in [7, 11) is 0. The highest BCUT2D eigenvalue weighted by molar-refractivity contribution is 6.30. The maximum absolute atomic E-state index is 13.4. The standard InChI is InChI=1S/C12H12ClFO/c13-10-5-4-8(11(14)7-10)6-9-2-1-3-12(9)15/h4-5,7,9H,1-3,6H2. The molecule has 1 aromatic carbocycles. The fraction of sp³-hybridized carbons (Fsp3) is 0.417. The number of rotatable bonds is 2. The lowest BCUT2D eigenvalue weighted by molar-refractivity contribution is -0.120. The largest absolute Gasteiger partial charge is 0.299 e. The average Bonchev–Trinajstić information content (AvgIpc) is 2.57. The average molecular weight is 227 g/mol. The summed E-state index contributed by atoms with van der Waals surface area (Å²) in [4.78, 5) is 11.4. The van der Waals surface area contributed by atoms with Crippen LogP contribution in [0.1, 0.15) is 24.8 Å². The van der Waals surface area contributed by atoms with E-state index in [2.05, 4.69) is 0 Å². The third kappa shape index (κ3) is 2.37. The van der Waals surface area contributed by atoms with Gasteiger partial charge in [0.25, 0.3) is 0 Å². The lowest BCUT2D eigenvalue weighted by atomic mass is 9.97. The van der Waals surface area contributed by atoms with Crippen LogP contribution >= 0.6 is 11.6 Å². The van der Waals surface area contributed by atoms with Gasteiger partial charge >= 0.3 is 0 Å². The van der Waals surface area contributed by atoms with Crippen molar-refractivity contribution in [2.45, 2.75) is 25.7 Å². The molecule has 0 aromatic heterocycles. The minimum absolute atomic E-state index is 0.0145. The maximum Gasteiger partial charge on any atom is 0.136 e. The fourth-order valence-electron chi connectivity index (χ4n) is 2.06. The molecule has 0 amide bonds. The molecule has 1 aliphatic carbocycles. The first kappa shape index (κ1) is 10.6. The molecule has 1 saturated carbocycles. The number of halogens is 2. The first-order valence-corrected chi connectivity index (χ1v) is 5.51. The van der Waals surface area contributed by atoms with Crippen LogP contribution in [0.5, 0.6) is 0 Å². The molecule has 0 radical (unpaired) electrons. The number of carbonyl (C=O) groups is 1. The smallest absolute Gasteiger partial charge is 0.136 e. The Hall–Kier alpha value is -0.890. The molecule has 1 fully saturated rings. The Morgan fingerprint density at radius 3 is 2.87 bits per heavy atom. The van der Waals surface area contributed by atoms with Gasteiger partial charge in [0.1, 0.15) is 11.6 Å². The maximum atomic E-state index is 13.4. The van der Waals surface area contributed by atoms with Crippen LogP contribution in [0.15, 0.2) is 18.2 Å². The summed E-state index contributed by atoms with van der Waals surface area (Å²) in [5, 5.41) is 0.397. The minimum atomic E-state index is -0.304. The Morgan fingerprint density at radius 1 is 1.47 bits per heavy atom. The van der Waals surface area contributed by atoms with Crippen LogP contribution in [-0.4, -0.2) is 5.78 Å². The predicted octanol–water partition coefficient (Wildman–Crippen LogP) is 3.39.